The van der Waals surface area contributed by atoms with Crippen LogP contribution in [0.3, 0.4) is 0 Å². The number of methoxy groups -OCH3 is 2. The highest BCUT2D eigenvalue weighted by molar-refractivity contribution is 5.89. The van der Waals surface area contributed by atoms with Gasteiger partial charge in [-0.05, 0) is 12.1 Å². The van der Waals surface area contributed by atoms with Crippen LogP contribution in [0, 0.1) is 11.3 Å². The first-order valence-electron chi connectivity index (χ1n) is 5.38. The molecule has 0 spiro atoms. The number of fused-ring (bicyclic) bond motifs is 1. The topological polar surface area (TPSA) is 67.2 Å². The van der Waals surface area contributed by atoms with E-state index in [2.05, 4.69) is 16.4 Å². The van der Waals surface area contributed by atoms with Crippen LogP contribution in [0.15, 0.2) is 18.2 Å². The molecule has 5 heteroatoms. The van der Waals surface area contributed by atoms with Crippen LogP contribution in [0.1, 0.15) is 5.56 Å². The highest BCUT2D eigenvalue weighted by Gasteiger charge is 2.11. The van der Waals surface area contributed by atoms with Gasteiger partial charge in [-0.3, -0.25) is 0 Å². The predicted octanol–water partition coefficient (Wildman–Crippen LogP) is 2.17. The fraction of sp³-hybridized carbons (Fsp3) is 0.231. The molecule has 0 fully saturated rings. The second-order valence-electron chi connectivity index (χ2n) is 3.65. The standard InChI is InChI=1S/C13H13N3O2/c1-15-13-9(7-14)4-8-5-10(17-2)6-11(18-3)12(8)16-13/h4-6H,1-3H3,(H,15,16). The summed E-state index contributed by atoms with van der Waals surface area (Å²) >= 11 is 0. The molecule has 1 N–H and O–H groups in total. The summed E-state index contributed by atoms with van der Waals surface area (Å²) in [6, 6.07) is 7.46. The average molecular weight is 243 g/mol. The molecule has 2 aromatic rings. The lowest BCUT2D eigenvalue weighted by Crippen LogP contribution is -1.98. The monoisotopic (exact) mass is 243 g/mol. The van der Waals surface area contributed by atoms with Crippen molar-refractivity contribution < 1.29 is 9.47 Å². The molecule has 1 heterocycles. The summed E-state index contributed by atoms with van der Waals surface area (Å²) in [6.45, 7) is 0. The summed E-state index contributed by atoms with van der Waals surface area (Å²) in [4.78, 5) is 4.40. The van der Waals surface area contributed by atoms with Crippen molar-refractivity contribution in [3.05, 3.63) is 23.8 Å². The Hall–Kier alpha value is -2.48. The van der Waals surface area contributed by atoms with Crippen LogP contribution in [-0.4, -0.2) is 26.3 Å². The molecular formula is C13H13N3O2. The second-order valence-corrected chi connectivity index (χ2v) is 3.65. The lowest BCUT2D eigenvalue weighted by atomic mass is 10.1. The molecule has 2 rings (SSSR count). The van der Waals surface area contributed by atoms with Gasteiger partial charge in [-0.2, -0.15) is 5.26 Å². The number of anilines is 1. The molecule has 0 aliphatic rings. The molecular weight excluding hydrogens is 230 g/mol. The maximum Gasteiger partial charge on any atom is 0.148 e. The number of pyridine rings is 1. The largest absolute Gasteiger partial charge is 0.497 e. The maximum atomic E-state index is 9.07. The fourth-order valence-electron chi connectivity index (χ4n) is 1.78. The summed E-state index contributed by atoms with van der Waals surface area (Å²) < 4.78 is 10.5. The number of hydrogen-bond acceptors (Lipinski definition) is 5. The van der Waals surface area contributed by atoms with Gasteiger partial charge in [0.15, 0.2) is 0 Å². The zero-order valence-electron chi connectivity index (χ0n) is 10.4. The molecule has 0 atom stereocenters. The van der Waals surface area contributed by atoms with E-state index >= 15 is 0 Å². The van der Waals surface area contributed by atoms with Gasteiger partial charge in [-0.1, -0.05) is 0 Å². The number of nitrogens with one attached hydrogen (secondary N) is 1. The Bertz CT molecular complexity index is 632. The Balaban J connectivity index is 2.79. The molecule has 0 radical (unpaired) electrons. The van der Waals surface area contributed by atoms with E-state index in [1.165, 1.54) is 0 Å². The Morgan fingerprint density at radius 2 is 2.00 bits per heavy atom. The second kappa shape index (κ2) is 4.80. The van der Waals surface area contributed by atoms with Crippen LogP contribution in [0.25, 0.3) is 10.9 Å². The van der Waals surface area contributed by atoms with Crippen molar-refractivity contribution in [2.75, 3.05) is 26.6 Å². The van der Waals surface area contributed by atoms with Gasteiger partial charge in [0.1, 0.15) is 28.9 Å². The number of nitriles is 1. The molecule has 0 bridgehead atoms. The number of aromatic nitrogens is 1. The third-order valence-electron chi connectivity index (χ3n) is 2.67. The van der Waals surface area contributed by atoms with Crippen molar-refractivity contribution in [1.29, 1.82) is 5.26 Å². The number of nitrogens with zero attached hydrogens (tertiary/aromatic N) is 2. The molecule has 0 unspecified atom stereocenters. The normalized spacial score (nSPS) is 9.89. The Morgan fingerprint density at radius 3 is 2.56 bits per heavy atom. The van der Waals surface area contributed by atoms with E-state index in [1.807, 2.05) is 6.07 Å². The average Bonchev–Trinajstić information content (AvgIpc) is 2.44. The van der Waals surface area contributed by atoms with Crippen molar-refractivity contribution in [2.24, 2.45) is 0 Å². The minimum Gasteiger partial charge on any atom is -0.497 e. The predicted molar refractivity (Wildman–Crippen MR) is 69.1 cm³/mol. The third-order valence-corrected chi connectivity index (χ3v) is 2.67. The summed E-state index contributed by atoms with van der Waals surface area (Å²) in [6.07, 6.45) is 0. The molecule has 5 nitrogen and oxygen atoms in total. The zero-order chi connectivity index (χ0) is 13.1. The first kappa shape index (κ1) is 12.0. The lowest BCUT2D eigenvalue weighted by molar-refractivity contribution is 0.397. The van der Waals surface area contributed by atoms with E-state index in [1.54, 1.807) is 33.4 Å². The van der Waals surface area contributed by atoms with Crippen molar-refractivity contribution in [2.45, 2.75) is 0 Å². The lowest BCUT2D eigenvalue weighted by Gasteiger charge is -2.10. The highest BCUT2D eigenvalue weighted by atomic mass is 16.5. The molecule has 0 amide bonds. The quantitative estimate of drug-likeness (QED) is 0.894. The minimum absolute atomic E-state index is 0.486. The maximum absolute atomic E-state index is 9.07. The smallest absolute Gasteiger partial charge is 0.148 e. The van der Waals surface area contributed by atoms with E-state index in [9.17, 15) is 0 Å². The SMILES string of the molecule is CNc1nc2c(OC)cc(OC)cc2cc1C#N. The first-order chi connectivity index (χ1) is 8.73. The summed E-state index contributed by atoms with van der Waals surface area (Å²) in [7, 11) is 4.89. The molecule has 92 valence electrons. The number of hydrogen-bond donors (Lipinski definition) is 1. The van der Waals surface area contributed by atoms with E-state index in [-0.39, 0.29) is 0 Å². The van der Waals surface area contributed by atoms with Gasteiger partial charge in [0.25, 0.3) is 0 Å². The summed E-state index contributed by atoms with van der Waals surface area (Å²) in [5, 5.41) is 12.8. The number of ether oxygens (including phenoxy) is 2. The van der Waals surface area contributed by atoms with Gasteiger partial charge in [0.05, 0.1) is 19.8 Å². The van der Waals surface area contributed by atoms with Crippen molar-refractivity contribution in [3.8, 4) is 17.6 Å². The molecule has 0 saturated heterocycles. The van der Waals surface area contributed by atoms with Gasteiger partial charge in [-0.15, -0.1) is 0 Å². The van der Waals surface area contributed by atoms with Crippen LogP contribution in [0.5, 0.6) is 11.5 Å². The van der Waals surface area contributed by atoms with E-state index in [0.717, 1.165) is 5.39 Å². The summed E-state index contributed by atoms with van der Waals surface area (Å²) in [5.41, 5.74) is 1.18. The molecule has 0 aliphatic carbocycles. The van der Waals surface area contributed by atoms with Gasteiger partial charge in [0.2, 0.25) is 0 Å². The van der Waals surface area contributed by atoms with Crippen LogP contribution in [0.2, 0.25) is 0 Å². The Labute approximate surface area is 105 Å². The van der Waals surface area contributed by atoms with Gasteiger partial charge in [-0.25, -0.2) is 4.98 Å². The molecule has 1 aromatic heterocycles. The van der Waals surface area contributed by atoms with E-state index in [4.69, 9.17) is 14.7 Å². The van der Waals surface area contributed by atoms with Crippen molar-refractivity contribution >= 4 is 16.7 Å². The van der Waals surface area contributed by atoms with Gasteiger partial charge < -0.3 is 14.8 Å². The van der Waals surface area contributed by atoms with Crippen LogP contribution >= 0.6 is 0 Å². The van der Waals surface area contributed by atoms with Crippen molar-refractivity contribution in [1.82, 2.24) is 4.98 Å². The van der Waals surface area contributed by atoms with Crippen LogP contribution in [-0.2, 0) is 0 Å². The minimum atomic E-state index is 0.486. The summed E-state index contributed by atoms with van der Waals surface area (Å²) in [5.74, 6) is 1.82. The van der Waals surface area contributed by atoms with E-state index in [0.29, 0.717) is 28.4 Å². The third kappa shape index (κ3) is 1.89. The molecule has 18 heavy (non-hydrogen) atoms. The van der Waals surface area contributed by atoms with Crippen LogP contribution in [0.4, 0.5) is 5.82 Å². The Kier molecular flexibility index (Phi) is 3.20. The fourth-order valence-corrected chi connectivity index (χ4v) is 1.78. The Morgan fingerprint density at radius 1 is 1.22 bits per heavy atom. The number of benzene rings is 1. The first-order valence-corrected chi connectivity index (χ1v) is 5.38. The van der Waals surface area contributed by atoms with Crippen LogP contribution < -0.4 is 14.8 Å². The van der Waals surface area contributed by atoms with Crippen molar-refractivity contribution in [3.63, 3.8) is 0 Å². The molecule has 0 aliphatic heterocycles. The molecule has 0 saturated carbocycles. The van der Waals surface area contributed by atoms with E-state index < -0.39 is 0 Å². The highest BCUT2D eigenvalue weighted by Crippen LogP contribution is 2.31. The number of rotatable bonds is 3. The van der Waals surface area contributed by atoms with Gasteiger partial charge in [0, 0.05) is 18.5 Å². The zero-order valence-corrected chi connectivity index (χ0v) is 10.4. The van der Waals surface area contributed by atoms with Gasteiger partial charge >= 0.3 is 0 Å². The molecule has 1 aromatic carbocycles.